The van der Waals surface area contributed by atoms with E-state index in [4.69, 9.17) is 5.73 Å². The quantitative estimate of drug-likeness (QED) is 0.576. The fourth-order valence-electron chi connectivity index (χ4n) is 2.53. The summed E-state index contributed by atoms with van der Waals surface area (Å²) >= 11 is 0. The lowest BCUT2D eigenvalue weighted by atomic mass is 9.97. The van der Waals surface area contributed by atoms with E-state index in [0.29, 0.717) is 31.7 Å². The van der Waals surface area contributed by atoms with Gasteiger partial charge in [0.15, 0.2) is 0 Å². The molecule has 0 radical (unpaired) electrons. The first-order valence-electron chi connectivity index (χ1n) is 6.33. The number of anilines is 1. The van der Waals surface area contributed by atoms with Gasteiger partial charge in [0.05, 0.1) is 5.69 Å². The molecule has 0 bridgehead atoms. The Kier molecular flexibility index (Phi) is 4.21. The highest BCUT2D eigenvalue weighted by molar-refractivity contribution is 5.59. The summed E-state index contributed by atoms with van der Waals surface area (Å²) in [6.07, 6.45) is -2.57. The third-order valence-electron chi connectivity index (χ3n) is 3.55. The minimum atomic E-state index is -2.57. The Balaban J connectivity index is 2.41. The standard InChI is InChI=1S/C13H19F2N3O/c1-8-2-3-9(16)12(19)10(8)11(13(14)15)18-6-4-17-5-7-18/h2-3,11,13,17,19H,4-7,16H2,1H3/t11-/m0/s1. The van der Waals surface area contributed by atoms with Crippen LogP contribution in [0.3, 0.4) is 0 Å². The van der Waals surface area contributed by atoms with E-state index >= 15 is 0 Å². The van der Waals surface area contributed by atoms with E-state index in [-0.39, 0.29) is 17.0 Å². The Bertz CT molecular complexity index is 448. The number of alkyl halides is 2. The lowest BCUT2D eigenvalue weighted by molar-refractivity contribution is 0.0167. The molecule has 1 saturated heterocycles. The Labute approximate surface area is 111 Å². The van der Waals surface area contributed by atoms with E-state index in [9.17, 15) is 13.9 Å². The molecule has 0 amide bonds. The smallest absolute Gasteiger partial charge is 0.258 e. The predicted octanol–water partition coefficient (Wildman–Crippen LogP) is 1.49. The molecule has 1 fully saturated rings. The van der Waals surface area contributed by atoms with Crippen molar-refractivity contribution in [3.63, 3.8) is 0 Å². The van der Waals surface area contributed by atoms with Crippen LogP contribution in [0, 0.1) is 6.92 Å². The maximum atomic E-state index is 13.4. The number of hydrogen-bond acceptors (Lipinski definition) is 4. The second-order valence-corrected chi connectivity index (χ2v) is 4.80. The number of aryl methyl sites for hydroxylation is 1. The molecule has 1 heterocycles. The zero-order chi connectivity index (χ0) is 14.0. The number of benzene rings is 1. The van der Waals surface area contributed by atoms with Gasteiger partial charge in [-0.05, 0) is 18.6 Å². The number of nitrogens with two attached hydrogens (primary N) is 1. The van der Waals surface area contributed by atoms with Crippen molar-refractivity contribution >= 4 is 5.69 Å². The van der Waals surface area contributed by atoms with Crippen LogP contribution in [-0.4, -0.2) is 42.6 Å². The minimum absolute atomic E-state index is 0.140. The molecule has 1 aromatic carbocycles. The van der Waals surface area contributed by atoms with Crippen molar-refractivity contribution in [1.29, 1.82) is 0 Å². The fraction of sp³-hybridized carbons (Fsp3) is 0.538. The van der Waals surface area contributed by atoms with Gasteiger partial charge in [0, 0.05) is 31.7 Å². The molecular weight excluding hydrogens is 252 g/mol. The lowest BCUT2D eigenvalue weighted by Crippen LogP contribution is -2.47. The molecule has 0 aromatic heterocycles. The number of piperazine rings is 1. The minimum Gasteiger partial charge on any atom is -0.505 e. The highest BCUT2D eigenvalue weighted by atomic mass is 19.3. The van der Waals surface area contributed by atoms with Crippen LogP contribution in [0.5, 0.6) is 5.75 Å². The van der Waals surface area contributed by atoms with E-state index < -0.39 is 12.5 Å². The van der Waals surface area contributed by atoms with Crippen LogP contribution < -0.4 is 11.1 Å². The number of nitrogen functional groups attached to an aromatic ring is 1. The molecule has 0 aliphatic carbocycles. The molecule has 19 heavy (non-hydrogen) atoms. The van der Waals surface area contributed by atoms with Gasteiger partial charge in [-0.2, -0.15) is 0 Å². The van der Waals surface area contributed by atoms with Crippen LogP contribution in [-0.2, 0) is 0 Å². The Hall–Kier alpha value is -1.40. The third-order valence-corrected chi connectivity index (χ3v) is 3.55. The van der Waals surface area contributed by atoms with Crippen molar-refractivity contribution in [1.82, 2.24) is 10.2 Å². The number of hydrogen-bond donors (Lipinski definition) is 3. The molecule has 1 aromatic rings. The zero-order valence-electron chi connectivity index (χ0n) is 10.9. The first-order chi connectivity index (χ1) is 9.02. The fourth-order valence-corrected chi connectivity index (χ4v) is 2.53. The molecule has 1 aliphatic rings. The first kappa shape index (κ1) is 14.0. The molecule has 1 aliphatic heterocycles. The van der Waals surface area contributed by atoms with E-state index in [2.05, 4.69) is 5.32 Å². The monoisotopic (exact) mass is 271 g/mol. The van der Waals surface area contributed by atoms with Crippen LogP contribution >= 0.6 is 0 Å². The van der Waals surface area contributed by atoms with E-state index in [1.54, 1.807) is 17.9 Å². The van der Waals surface area contributed by atoms with E-state index in [0.717, 1.165) is 0 Å². The van der Waals surface area contributed by atoms with Gasteiger partial charge in [0.1, 0.15) is 11.8 Å². The molecule has 0 unspecified atom stereocenters. The van der Waals surface area contributed by atoms with Crippen molar-refractivity contribution in [3.05, 3.63) is 23.3 Å². The molecular formula is C13H19F2N3O. The summed E-state index contributed by atoms with van der Waals surface area (Å²) in [5.41, 5.74) is 6.65. The van der Waals surface area contributed by atoms with Crippen molar-refractivity contribution in [2.75, 3.05) is 31.9 Å². The van der Waals surface area contributed by atoms with Crippen LogP contribution in [0.1, 0.15) is 17.2 Å². The van der Waals surface area contributed by atoms with Gasteiger partial charge in [-0.3, -0.25) is 4.90 Å². The molecule has 0 spiro atoms. The van der Waals surface area contributed by atoms with Crippen molar-refractivity contribution in [2.45, 2.75) is 19.4 Å². The topological polar surface area (TPSA) is 61.5 Å². The number of halogens is 2. The molecule has 4 nitrogen and oxygen atoms in total. The van der Waals surface area contributed by atoms with Gasteiger partial charge in [0.25, 0.3) is 6.43 Å². The van der Waals surface area contributed by atoms with Crippen molar-refractivity contribution in [2.24, 2.45) is 0 Å². The number of nitrogens with one attached hydrogen (secondary N) is 1. The molecule has 6 heteroatoms. The Morgan fingerprint density at radius 3 is 2.53 bits per heavy atom. The summed E-state index contributed by atoms with van der Waals surface area (Å²) in [5, 5.41) is 13.2. The number of nitrogens with zero attached hydrogens (tertiary/aromatic N) is 1. The molecule has 4 N–H and O–H groups in total. The largest absolute Gasteiger partial charge is 0.505 e. The SMILES string of the molecule is Cc1ccc(N)c(O)c1[C@@H](C(F)F)N1CCNCC1. The summed E-state index contributed by atoms with van der Waals surface area (Å²) in [6.45, 7) is 4.12. The van der Waals surface area contributed by atoms with Gasteiger partial charge in [-0.15, -0.1) is 0 Å². The van der Waals surface area contributed by atoms with E-state index in [1.165, 1.54) is 6.07 Å². The van der Waals surface area contributed by atoms with Crippen LogP contribution in [0.4, 0.5) is 14.5 Å². The average Bonchev–Trinajstić information content (AvgIpc) is 2.39. The van der Waals surface area contributed by atoms with Crippen molar-refractivity contribution in [3.8, 4) is 5.75 Å². The maximum Gasteiger partial charge on any atom is 0.258 e. The average molecular weight is 271 g/mol. The highest BCUT2D eigenvalue weighted by Gasteiger charge is 2.33. The van der Waals surface area contributed by atoms with Crippen LogP contribution in [0.2, 0.25) is 0 Å². The van der Waals surface area contributed by atoms with Crippen LogP contribution in [0.25, 0.3) is 0 Å². The molecule has 106 valence electrons. The summed E-state index contributed by atoms with van der Waals surface area (Å²) in [6, 6.07) is 2.10. The number of phenols is 1. The summed E-state index contributed by atoms with van der Waals surface area (Å²) < 4.78 is 26.9. The Morgan fingerprint density at radius 1 is 1.32 bits per heavy atom. The second-order valence-electron chi connectivity index (χ2n) is 4.80. The van der Waals surface area contributed by atoms with Gasteiger partial charge in [-0.25, -0.2) is 8.78 Å². The van der Waals surface area contributed by atoms with Gasteiger partial charge >= 0.3 is 0 Å². The third kappa shape index (κ3) is 2.79. The molecule has 0 saturated carbocycles. The number of rotatable bonds is 3. The summed E-state index contributed by atoms with van der Waals surface area (Å²) in [4.78, 5) is 1.70. The van der Waals surface area contributed by atoms with E-state index in [1.807, 2.05) is 0 Å². The summed E-state index contributed by atoms with van der Waals surface area (Å²) in [5.74, 6) is -0.219. The maximum absolute atomic E-state index is 13.4. The predicted molar refractivity (Wildman–Crippen MR) is 70.4 cm³/mol. The number of phenolic OH excluding ortho intramolecular Hbond substituents is 1. The van der Waals surface area contributed by atoms with Crippen LogP contribution in [0.15, 0.2) is 12.1 Å². The molecule has 2 rings (SSSR count). The summed E-state index contributed by atoms with van der Waals surface area (Å²) in [7, 11) is 0. The van der Waals surface area contributed by atoms with Crippen molar-refractivity contribution < 1.29 is 13.9 Å². The lowest BCUT2D eigenvalue weighted by Gasteiger charge is -2.35. The second kappa shape index (κ2) is 5.71. The van der Waals surface area contributed by atoms with Gasteiger partial charge in [0.2, 0.25) is 0 Å². The number of aromatic hydroxyl groups is 1. The zero-order valence-corrected chi connectivity index (χ0v) is 10.9. The van der Waals surface area contributed by atoms with Gasteiger partial charge in [-0.1, -0.05) is 6.07 Å². The Morgan fingerprint density at radius 2 is 1.95 bits per heavy atom. The highest BCUT2D eigenvalue weighted by Crippen LogP contribution is 2.38. The normalized spacial score (nSPS) is 18.7. The molecule has 1 atom stereocenters. The first-order valence-corrected chi connectivity index (χ1v) is 6.33. The van der Waals surface area contributed by atoms with Gasteiger partial charge < -0.3 is 16.2 Å².